The molecule has 0 fully saturated rings. The topological polar surface area (TPSA) is 24.9 Å². The molecule has 1 aliphatic carbocycles. The highest BCUT2D eigenvalue weighted by Gasteiger charge is 2.24. The van der Waals surface area contributed by atoms with Crippen LogP contribution in [0.4, 0.5) is 5.69 Å². The molecule has 0 saturated heterocycles. The van der Waals surface area contributed by atoms with E-state index in [0.717, 1.165) is 18.5 Å². The van der Waals surface area contributed by atoms with E-state index in [4.69, 9.17) is 4.98 Å². The van der Waals surface area contributed by atoms with Gasteiger partial charge < -0.3 is 5.32 Å². The zero-order valence-electron chi connectivity index (χ0n) is 13.6. The molecule has 0 spiro atoms. The van der Waals surface area contributed by atoms with Crippen molar-refractivity contribution in [3.63, 3.8) is 0 Å². The highest BCUT2D eigenvalue weighted by atomic mass is 35.5. The molecule has 1 aromatic heterocycles. The summed E-state index contributed by atoms with van der Waals surface area (Å²) in [5.41, 5.74) is 5.06. The number of aromatic nitrogens is 1. The second-order valence-corrected chi connectivity index (χ2v) is 6.64. The van der Waals surface area contributed by atoms with Crippen molar-refractivity contribution in [3.8, 4) is 0 Å². The molecular formula is C19H25ClN2. The van der Waals surface area contributed by atoms with Crippen LogP contribution in [0.2, 0.25) is 0 Å². The van der Waals surface area contributed by atoms with Gasteiger partial charge in [-0.1, -0.05) is 57.5 Å². The molecule has 0 bridgehead atoms. The molecule has 3 heteroatoms. The van der Waals surface area contributed by atoms with Gasteiger partial charge in [-0.2, -0.15) is 0 Å². The van der Waals surface area contributed by atoms with E-state index in [1.807, 2.05) is 0 Å². The van der Waals surface area contributed by atoms with Crippen LogP contribution >= 0.6 is 12.4 Å². The van der Waals surface area contributed by atoms with E-state index in [1.165, 1.54) is 35.2 Å². The standard InChI is InChI=1S/C19H24N2.ClH/c1-4-5-12-20-18-14-8-6-7-9-16(14)21-17-13-19(2,3)11-10-15(17)18;/h6-11H,4-5,12-13H2,1-3H3,(H,20,21);1H. The lowest BCUT2D eigenvalue weighted by Gasteiger charge is -2.27. The molecule has 0 amide bonds. The normalized spacial score (nSPS) is 15.2. The van der Waals surface area contributed by atoms with E-state index < -0.39 is 0 Å². The number of rotatable bonds is 4. The van der Waals surface area contributed by atoms with Crippen molar-refractivity contribution in [1.29, 1.82) is 0 Å². The monoisotopic (exact) mass is 316 g/mol. The maximum atomic E-state index is 4.91. The molecular weight excluding hydrogens is 292 g/mol. The molecule has 0 atom stereocenters. The minimum atomic E-state index is 0. The fourth-order valence-corrected chi connectivity index (χ4v) is 2.97. The van der Waals surface area contributed by atoms with Crippen LogP contribution in [0.1, 0.15) is 44.9 Å². The van der Waals surface area contributed by atoms with Crippen molar-refractivity contribution in [1.82, 2.24) is 4.98 Å². The predicted octanol–water partition coefficient (Wildman–Crippen LogP) is 5.46. The summed E-state index contributed by atoms with van der Waals surface area (Å²) in [6, 6.07) is 8.45. The first-order chi connectivity index (χ1) is 10.1. The van der Waals surface area contributed by atoms with Gasteiger partial charge in [0.15, 0.2) is 0 Å². The van der Waals surface area contributed by atoms with Gasteiger partial charge in [0.05, 0.1) is 16.9 Å². The van der Waals surface area contributed by atoms with Gasteiger partial charge in [0.1, 0.15) is 0 Å². The number of hydrogen-bond donors (Lipinski definition) is 1. The molecule has 1 aromatic carbocycles. The summed E-state index contributed by atoms with van der Waals surface area (Å²) in [6.45, 7) is 7.79. The molecule has 2 nitrogen and oxygen atoms in total. The van der Waals surface area contributed by atoms with E-state index in [2.05, 4.69) is 62.5 Å². The van der Waals surface area contributed by atoms with E-state index in [1.54, 1.807) is 0 Å². The van der Waals surface area contributed by atoms with Gasteiger partial charge in [-0.15, -0.1) is 12.4 Å². The Labute approximate surface area is 139 Å². The van der Waals surface area contributed by atoms with Crippen molar-refractivity contribution in [2.75, 3.05) is 11.9 Å². The van der Waals surface area contributed by atoms with Gasteiger partial charge in [-0.05, 0) is 24.3 Å². The van der Waals surface area contributed by atoms with Crippen LogP contribution in [0.25, 0.3) is 17.0 Å². The van der Waals surface area contributed by atoms with E-state index in [9.17, 15) is 0 Å². The van der Waals surface area contributed by atoms with E-state index >= 15 is 0 Å². The zero-order valence-corrected chi connectivity index (χ0v) is 14.5. The number of pyridine rings is 1. The Morgan fingerprint density at radius 2 is 2.00 bits per heavy atom. The molecule has 1 N–H and O–H groups in total. The SMILES string of the molecule is CCCCNc1c2c(nc3ccccc13)CC(C)(C)C=C2.Cl. The number of nitrogens with one attached hydrogen (secondary N) is 1. The Kier molecular flexibility index (Phi) is 5.12. The lowest BCUT2D eigenvalue weighted by atomic mass is 9.81. The summed E-state index contributed by atoms with van der Waals surface area (Å²) in [7, 11) is 0. The fourth-order valence-electron chi connectivity index (χ4n) is 2.97. The molecule has 22 heavy (non-hydrogen) atoms. The molecule has 0 aliphatic heterocycles. The average molecular weight is 317 g/mol. The molecule has 0 radical (unpaired) electrons. The number of nitrogens with zero attached hydrogens (tertiary/aromatic N) is 1. The number of benzene rings is 1. The lowest BCUT2D eigenvalue weighted by molar-refractivity contribution is 0.469. The van der Waals surface area contributed by atoms with Crippen LogP contribution in [0.3, 0.4) is 0 Å². The summed E-state index contributed by atoms with van der Waals surface area (Å²) in [4.78, 5) is 4.91. The average Bonchev–Trinajstić information content (AvgIpc) is 2.45. The Morgan fingerprint density at radius 3 is 2.77 bits per heavy atom. The van der Waals surface area contributed by atoms with Crippen molar-refractivity contribution < 1.29 is 0 Å². The van der Waals surface area contributed by atoms with Gasteiger partial charge in [-0.3, -0.25) is 4.98 Å². The van der Waals surface area contributed by atoms with Gasteiger partial charge in [-0.25, -0.2) is 0 Å². The lowest BCUT2D eigenvalue weighted by Crippen LogP contribution is -2.18. The highest BCUT2D eigenvalue weighted by Crippen LogP contribution is 2.37. The highest BCUT2D eigenvalue weighted by molar-refractivity contribution is 5.96. The third kappa shape index (κ3) is 3.27. The van der Waals surface area contributed by atoms with Crippen molar-refractivity contribution >= 4 is 35.1 Å². The fraction of sp³-hybridized carbons (Fsp3) is 0.421. The first-order valence-corrected chi connectivity index (χ1v) is 7.95. The predicted molar refractivity (Wildman–Crippen MR) is 98.9 cm³/mol. The third-order valence-corrected chi connectivity index (χ3v) is 4.17. The van der Waals surface area contributed by atoms with Crippen LogP contribution in [0.15, 0.2) is 30.3 Å². The second kappa shape index (κ2) is 6.70. The van der Waals surface area contributed by atoms with E-state index in [0.29, 0.717) is 0 Å². The minimum Gasteiger partial charge on any atom is -0.384 e. The van der Waals surface area contributed by atoms with Crippen molar-refractivity contribution in [2.24, 2.45) is 5.41 Å². The number of allylic oxidation sites excluding steroid dienone is 1. The summed E-state index contributed by atoms with van der Waals surface area (Å²) in [5, 5.41) is 4.89. The quantitative estimate of drug-likeness (QED) is 0.757. The van der Waals surface area contributed by atoms with Crippen molar-refractivity contribution in [3.05, 3.63) is 41.6 Å². The maximum absolute atomic E-state index is 4.91. The minimum absolute atomic E-state index is 0. The number of halogens is 1. The van der Waals surface area contributed by atoms with Crippen LogP contribution in [-0.2, 0) is 6.42 Å². The largest absolute Gasteiger partial charge is 0.384 e. The zero-order chi connectivity index (χ0) is 14.9. The van der Waals surface area contributed by atoms with Crippen LogP contribution in [-0.4, -0.2) is 11.5 Å². The third-order valence-electron chi connectivity index (χ3n) is 4.17. The molecule has 2 aromatic rings. The van der Waals surface area contributed by atoms with Crippen molar-refractivity contribution in [2.45, 2.75) is 40.0 Å². The Morgan fingerprint density at radius 1 is 1.23 bits per heavy atom. The Bertz CT molecular complexity index is 689. The summed E-state index contributed by atoms with van der Waals surface area (Å²) >= 11 is 0. The summed E-state index contributed by atoms with van der Waals surface area (Å²) < 4.78 is 0. The molecule has 118 valence electrons. The van der Waals surface area contributed by atoms with Gasteiger partial charge >= 0.3 is 0 Å². The molecule has 0 saturated carbocycles. The van der Waals surface area contributed by atoms with Gasteiger partial charge in [0.2, 0.25) is 0 Å². The second-order valence-electron chi connectivity index (χ2n) is 6.64. The Balaban J connectivity index is 0.00000176. The Hall–Kier alpha value is -1.54. The van der Waals surface area contributed by atoms with Crippen LogP contribution in [0, 0.1) is 5.41 Å². The molecule has 1 heterocycles. The van der Waals surface area contributed by atoms with E-state index in [-0.39, 0.29) is 17.8 Å². The number of unbranched alkanes of at least 4 members (excludes halogenated alkanes) is 1. The number of para-hydroxylation sites is 1. The first-order valence-electron chi connectivity index (χ1n) is 7.95. The summed E-state index contributed by atoms with van der Waals surface area (Å²) in [5.74, 6) is 0. The molecule has 0 unspecified atom stereocenters. The smallest absolute Gasteiger partial charge is 0.0726 e. The number of fused-ring (bicyclic) bond motifs is 2. The summed E-state index contributed by atoms with van der Waals surface area (Å²) in [6.07, 6.45) is 7.98. The molecule has 3 rings (SSSR count). The molecule has 1 aliphatic rings. The van der Waals surface area contributed by atoms with Gasteiger partial charge in [0.25, 0.3) is 0 Å². The number of hydrogen-bond acceptors (Lipinski definition) is 2. The number of anilines is 1. The maximum Gasteiger partial charge on any atom is 0.0726 e. The van der Waals surface area contributed by atoms with Gasteiger partial charge in [0, 0.05) is 17.5 Å². The first kappa shape index (κ1) is 16.8. The van der Waals surface area contributed by atoms with Crippen LogP contribution < -0.4 is 5.32 Å². The van der Waals surface area contributed by atoms with Crippen LogP contribution in [0.5, 0.6) is 0 Å².